The number of rotatable bonds is 3. The van der Waals surface area contributed by atoms with Gasteiger partial charge in [0.15, 0.2) is 0 Å². The van der Waals surface area contributed by atoms with Crippen LogP contribution in [0.5, 0.6) is 0 Å². The van der Waals surface area contributed by atoms with E-state index in [-0.39, 0.29) is 0 Å². The number of hydrogen-bond donors (Lipinski definition) is 2. The molecule has 2 rings (SSSR count). The van der Waals surface area contributed by atoms with Crippen molar-refractivity contribution in [2.24, 2.45) is 11.7 Å². The number of aliphatic hydroxyl groups is 1. The average molecular weight is 246 g/mol. The molecule has 0 radical (unpaired) electrons. The number of nitrogens with two attached hydrogens (primary N) is 1. The largest absolute Gasteiger partial charge is 0.391 e. The predicted molar refractivity (Wildman–Crippen MR) is 62.1 cm³/mol. The first-order chi connectivity index (χ1) is 7.09. The van der Waals surface area contributed by atoms with Crippen molar-refractivity contribution in [1.29, 1.82) is 0 Å². The van der Waals surface area contributed by atoms with E-state index in [0.717, 1.165) is 18.4 Å². The number of aliphatic hydroxyl groups excluding tert-OH is 1. The van der Waals surface area contributed by atoms with Crippen molar-refractivity contribution in [2.45, 2.75) is 25.0 Å². The van der Waals surface area contributed by atoms with Crippen LogP contribution < -0.4 is 5.73 Å². The first-order valence-electron chi connectivity index (χ1n) is 4.98. The van der Waals surface area contributed by atoms with Crippen LogP contribution >= 0.6 is 23.2 Å². The molecule has 4 heteroatoms. The summed E-state index contributed by atoms with van der Waals surface area (Å²) in [4.78, 5) is 0. The maximum Gasteiger partial charge on any atom is 0.0761 e. The molecule has 1 fully saturated rings. The topological polar surface area (TPSA) is 46.2 Å². The highest BCUT2D eigenvalue weighted by Gasteiger charge is 2.34. The lowest BCUT2D eigenvalue weighted by Gasteiger charge is -2.19. The summed E-state index contributed by atoms with van der Waals surface area (Å²) in [5.41, 5.74) is 6.72. The SMILES string of the molecule is N[C@H](c1ccc(Cl)cc1Cl)[C@@H](O)C1CC1. The zero-order valence-electron chi connectivity index (χ0n) is 8.16. The molecule has 0 spiro atoms. The van der Waals surface area contributed by atoms with Crippen LogP contribution in [0, 0.1) is 5.92 Å². The molecule has 1 aliphatic rings. The molecule has 2 atom stereocenters. The maximum atomic E-state index is 9.89. The molecule has 1 saturated carbocycles. The van der Waals surface area contributed by atoms with Gasteiger partial charge in [0.25, 0.3) is 0 Å². The minimum absolute atomic E-state index is 0.340. The maximum absolute atomic E-state index is 9.89. The monoisotopic (exact) mass is 245 g/mol. The third-order valence-electron chi connectivity index (χ3n) is 2.79. The van der Waals surface area contributed by atoms with Gasteiger partial charge >= 0.3 is 0 Å². The Labute approximate surface area is 99.0 Å². The molecule has 1 aliphatic carbocycles. The Morgan fingerprint density at radius 1 is 1.33 bits per heavy atom. The van der Waals surface area contributed by atoms with E-state index >= 15 is 0 Å². The van der Waals surface area contributed by atoms with Crippen LogP contribution in [0.3, 0.4) is 0 Å². The van der Waals surface area contributed by atoms with E-state index < -0.39 is 12.1 Å². The second kappa shape index (κ2) is 4.30. The predicted octanol–water partition coefficient (Wildman–Crippen LogP) is 2.76. The molecule has 0 amide bonds. The van der Waals surface area contributed by atoms with Crippen molar-refractivity contribution in [3.63, 3.8) is 0 Å². The van der Waals surface area contributed by atoms with Crippen molar-refractivity contribution in [1.82, 2.24) is 0 Å². The summed E-state index contributed by atoms with van der Waals surface area (Å²) in [6.07, 6.45) is 1.61. The lowest BCUT2D eigenvalue weighted by Crippen LogP contribution is -2.28. The van der Waals surface area contributed by atoms with Gasteiger partial charge in [-0.2, -0.15) is 0 Å². The van der Waals surface area contributed by atoms with E-state index in [1.807, 2.05) is 0 Å². The van der Waals surface area contributed by atoms with Gasteiger partial charge in [0, 0.05) is 10.0 Å². The van der Waals surface area contributed by atoms with Gasteiger partial charge in [-0.25, -0.2) is 0 Å². The molecule has 0 saturated heterocycles. The molecule has 1 aromatic rings. The van der Waals surface area contributed by atoms with Gasteiger partial charge in [-0.05, 0) is 36.5 Å². The Morgan fingerprint density at radius 2 is 2.00 bits per heavy atom. The highest BCUT2D eigenvalue weighted by atomic mass is 35.5. The van der Waals surface area contributed by atoms with Gasteiger partial charge in [0.1, 0.15) is 0 Å². The summed E-state index contributed by atoms with van der Waals surface area (Å²) in [6, 6.07) is 4.75. The number of halogens is 2. The van der Waals surface area contributed by atoms with Gasteiger partial charge in [-0.1, -0.05) is 29.3 Å². The molecule has 0 unspecified atom stereocenters. The zero-order valence-corrected chi connectivity index (χ0v) is 9.67. The molecule has 0 heterocycles. The van der Waals surface area contributed by atoms with E-state index in [0.29, 0.717) is 16.0 Å². The highest BCUT2D eigenvalue weighted by molar-refractivity contribution is 6.35. The summed E-state index contributed by atoms with van der Waals surface area (Å²) >= 11 is 11.8. The normalized spacial score (nSPS) is 20.0. The summed E-state index contributed by atoms with van der Waals surface area (Å²) in [6.45, 7) is 0. The summed E-state index contributed by atoms with van der Waals surface area (Å²) in [5.74, 6) is 0.340. The Balaban J connectivity index is 2.20. The molecule has 15 heavy (non-hydrogen) atoms. The summed E-state index contributed by atoms with van der Waals surface area (Å²) < 4.78 is 0. The number of benzene rings is 1. The van der Waals surface area contributed by atoms with Crippen LogP contribution in [0.4, 0.5) is 0 Å². The smallest absolute Gasteiger partial charge is 0.0761 e. The molecule has 0 aliphatic heterocycles. The lowest BCUT2D eigenvalue weighted by atomic mass is 9.99. The minimum Gasteiger partial charge on any atom is -0.391 e. The van der Waals surface area contributed by atoms with Crippen LogP contribution in [-0.2, 0) is 0 Å². The Hall–Kier alpha value is -0.280. The van der Waals surface area contributed by atoms with E-state index in [2.05, 4.69) is 0 Å². The van der Waals surface area contributed by atoms with Crippen LogP contribution in [0.1, 0.15) is 24.4 Å². The van der Waals surface area contributed by atoms with Gasteiger partial charge in [-0.15, -0.1) is 0 Å². The van der Waals surface area contributed by atoms with Gasteiger partial charge in [0.05, 0.1) is 12.1 Å². The highest BCUT2D eigenvalue weighted by Crippen LogP contribution is 2.38. The molecule has 3 N–H and O–H groups in total. The lowest BCUT2D eigenvalue weighted by molar-refractivity contribution is 0.122. The Morgan fingerprint density at radius 3 is 2.53 bits per heavy atom. The van der Waals surface area contributed by atoms with Crippen molar-refractivity contribution in [2.75, 3.05) is 0 Å². The van der Waals surface area contributed by atoms with Crippen LogP contribution in [0.25, 0.3) is 0 Å². The summed E-state index contributed by atoms with van der Waals surface area (Å²) in [5, 5.41) is 11.0. The molecular weight excluding hydrogens is 233 g/mol. The first kappa shape index (κ1) is 11.2. The second-order valence-corrected chi connectivity index (χ2v) is 4.86. The quantitative estimate of drug-likeness (QED) is 0.861. The fraction of sp³-hybridized carbons (Fsp3) is 0.455. The zero-order chi connectivity index (χ0) is 11.0. The standard InChI is InChI=1S/C11H13Cl2NO/c12-7-3-4-8(9(13)5-7)10(14)11(15)6-1-2-6/h3-6,10-11,15H,1-2,14H2/t10-,11+/m1/s1. The second-order valence-electron chi connectivity index (χ2n) is 4.02. The van der Waals surface area contributed by atoms with Crippen LogP contribution in [0.15, 0.2) is 18.2 Å². The molecule has 1 aromatic carbocycles. The van der Waals surface area contributed by atoms with E-state index in [4.69, 9.17) is 28.9 Å². The summed E-state index contributed by atoms with van der Waals surface area (Å²) in [7, 11) is 0. The number of hydrogen-bond acceptors (Lipinski definition) is 2. The van der Waals surface area contributed by atoms with Crippen molar-refractivity contribution >= 4 is 23.2 Å². The third-order valence-corrected chi connectivity index (χ3v) is 3.36. The molecular formula is C11H13Cl2NO. The van der Waals surface area contributed by atoms with Gasteiger partial charge in [-0.3, -0.25) is 0 Å². The Bertz CT molecular complexity index is 366. The van der Waals surface area contributed by atoms with E-state index in [9.17, 15) is 5.11 Å². The molecule has 0 aromatic heterocycles. The van der Waals surface area contributed by atoms with E-state index in [1.165, 1.54) is 0 Å². The average Bonchev–Trinajstić information content (AvgIpc) is 2.99. The van der Waals surface area contributed by atoms with Gasteiger partial charge < -0.3 is 10.8 Å². The van der Waals surface area contributed by atoms with Crippen molar-refractivity contribution in [3.05, 3.63) is 33.8 Å². The van der Waals surface area contributed by atoms with Crippen LogP contribution in [0.2, 0.25) is 10.0 Å². The molecule has 0 bridgehead atoms. The third kappa shape index (κ3) is 2.45. The molecule has 2 nitrogen and oxygen atoms in total. The first-order valence-corrected chi connectivity index (χ1v) is 5.74. The fourth-order valence-corrected chi connectivity index (χ4v) is 2.22. The van der Waals surface area contributed by atoms with E-state index in [1.54, 1.807) is 18.2 Å². The van der Waals surface area contributed by atoms with Gasteiger partial charge in [0.2, 0.25) is 0 Å². The molecule has 82 valence electrons. The van der Waals surface area contributed by atoms with Crippen molar-refractivity contribution in [3.8, 4) is 0 Å². The Kier molecular flexibility index (Phi) is 3.21. The fourth-order valence-electron chi connectivity index (χ4n) is 1.69. The van der Waals surface area contributed by atoms with Crippen molar-refractivity contribution < 1.29 is 5.11 Å². The minimum atomic E-state index is -0.497. The van der Waals surface area contributed by atoms with Crippen LogP contribution in [-0.4, -0.2) is 11.2 Å².